The third kappa shape index (κ3) is 7.58. The Bertz CT molecular complexity index is 374. The summed E-state index contributed by atoms with van der Waals surface area (Å²) in [5, 5.41) is 5.56. The molecule has 19 heavy (non-hydrogen) atoms. The lowest BCUT2D eigenvalue weighted by atomic mass is 10.3. The maximum Gasteiger partial charge on any atom is 0.272 e. The quantitative estimate of drug-likeness (QED) is 0.811. The van der Waals surface area contributed by atoms with Crippen molar-refractivity contribution in [3.05, 3.63) is 24.3 Å². The maximum atomic E-state index is 11.9. The molecule has 0 saturated heterocycles. The Labute approximate surface area is 116 Å². The van der Waals surface area contributed by atoms with Crippen LogP contribution in [0.25, 0.3) is 0 Å². The monoisotopic (exact) mass is 294 g/mol. The number of rotatable bonds is 7. The van der Waals surface area contributed by atoms with Crippen LogP contribution in [0, 0.1) is 0 Å². The van der Waals surface area contributed by atoms with Crippen molar-refractivity contribution in [3.63, 3.8) is 0 Å². The molecule has 1 aromatic rings. The highest BCUT2D eigenvalue weighted by atomic mass is 35.5. The normalized spacial score (nSPS) is 9.89. The molecule has 0 unspecified atom stereocenters. The van der Waals surface area contributed by atoms with Gasteiger partial charge < -0.3 is 15.4 Å². The molecule has 0 heterocycles. The summed E-state index contributed by atoms with van der Waals surface area (Å²) in [5.41, 5.74) is 0.612. The number of benzene rings is 1. The number of hydrogen-bond donors (Lipinski definition) is 2. The van der Waals surface area contributed by atoms with Crippen LogP contribution in [0.15, 0.2) is 24.3 Å². The number of hydrogen-bond acceptors (Lipinski definition) is 3. The molecule has 0 aliphatic carbocycles. The van der Waals surface area contributed by atoms with Gasteiger partial charge in [0, 0.05) is 18.7 Å². The average Bonchev–Trinajstić information content (AvgIpc) is 2.35. The molecule has 0 spiro atoms. The molecule has 2 N–H and O–H groups in total. The van der Waals surface area contributed by atoms with Gasteiger partial charge in [-0.2, -0.15) is 0 Å². The standard InChI is InChI=1S/C12H16F2N2O2.ClH/c1-15-7-6-12(17)16-9-2-4-10(5-3-9)18-8-11(13)14;/h2-5,11,15H,6-8H2,1H3,(H,16,17);1H. The first-order valence-electron chi connectivity index (χ1n) is 5.57. The summed E-state index contributed by atoms with van der Waals surface area (Å²) in [6, 6.07) is 6.29. The molecule has 1 rings (SSSR count). The van der Waals surface area contributed by atoms with Gasteiger partial charge in [-0.3, -0.25) is 4.79 Å². The first kappa shape index (κ1) is 17.6. The van der Waals surface area contributed by atoms with Gasteiger partial charge in [0.2, 0.25) is 5.91 Å². The first-order valence-corrected chi connectivity index (χ1v) is 5.57. The number of alkyl halides is 2. The molecule has 0 aliphatic heterocycles. The van der Waals surface area contributed by atoms with Crippen molar-refractivity contribution in [1.29, 1.82) is 0 Å². The molecule has 108 valence electrons. The van der Waals surface area contributed by atoms with Gasteiger partial charge in [0.15, 0.2) is 0 Å². The fourth-order valence-electron chi connectivity index (χ4n) is 1.26. The smallest absolute Gasteiger partial charge is 0.272 e. The number of ether oxygens (including phenoxy) is 1. The number of carbonyl (C=O) groups is 1. The Morgan fingerprint density at radius 1 is 1.32 bits per heavy atom. The molecule has 0 fully saturated rings. The minimum atomic E-state index is -2.49. The van der Waals surface area contributed by atoms with Gasteiger partial charge in [-0.05, 0) is 31.3 Å². The number of carbonyl (C=O) groups excluding carboxylic acids is 1. The molecule has 1 aromatic carbocycles. The number of amides is 1. The summed E-state index contributed by atoms with van der Waals surface area (Å²) in [5.74, 6) is 0.245. The number of halogens is 3. The van der Waals surface area contributed by atoms with Crippen molar-refractivity contribution in [2.75, 3.05) is 25.5 Å². The number of anilines is 1. The van der Waals surface area contributed by atoms with Crippen LogP contribution in [-0.4, -0.2) is 32.5 Å². The van der Waals surface area contributed by atoms with Crippen LogP contribution in [0.1, 0.15) is 6.42 Å². The zero-order chi connectivity index (χ0) is 13.4. The summed E-state index contributed by atoms with van der Waals surface area (Å²) in [7, 11) is 1.77. The molecular formula is C12H17ClF2N2O2. The Kier molecular flexibility index (Phi) is 8.82. The molecule has 0 bridgehead atoms. The van der Waals surface area contributed by atoms with Crippen molar-refractivity contribution in [2.45, 2.75) is 12.8 Å². The van der Waals surface area contributed by atoms with Crippen LogP contribution < -0.4 is 15.4 Å². The van der Waals surface area contributed by atoms with Crippen molar-refractivity contribution in [3.8, 4) is 5.75 Å². The molecule has 0 aromatic heterocycles. The molecule has 7 heteroatoms. The predicted octanol–water partition coefficient (Wildman–Crippen LogP) is 2.30. The van der Waals surface area contributed by atoms with E-state index < -0.39 is 13.0 Å². The number of nitrogens with one attached hydrogen (secondary N) is 2. The topological polar surface area (TPSA) is 50.4 Å². The third-order valence-corrected chi connectivity index (χ3v) is 2.12. The molecule has 0 atom stereocenters. The fraction of sp³-hybridized carbons (Fsp3) is 0.417. The largest absolute Gasteiger partial charge is 0.488 e. The van der Waals surface area contributed by atoms with Crippen LogP contribution in [0.5, 0.6) is 5.75 Å². The zero-order valence-electron chi connectivity index (χ0n) is 10.5. The van der Waals surface area contributed by atoms with Crippen LogP contribution in [-0.2, 0) is 4.79 Å². The Morgan fingerprint density at radius 2 is 1.95 bits per heavy atom. The van der Waals surface area contributed by atoms with Crippen molar-refractivity contribution in [1.82, 2.24) is 5.32 Å². The lowest BCUT2D eigenvalue weighted by Gasteiger charge is -2.07. The van der Waals surface area contributed by atoms with E-state index in [1.54, 1.807) is 19.2 Å². The van der Waals surface area contributed by atoms with Gasteiger partial charge in [0.05, 0.1) is 0 Å². The van der Waals surface area contributed by atoms with Crippen molar-refractivity contribution >= 4 is 24.0 Å². The highest BCUT2D eigenvalue weighted by molar-refractivity contribution is 5.90. The molecule has 4 nitrogen and oxygen atoms in total. The van der Waals surface area contributed by atoms with Crippen LogP contribution in [0.4, 0.5) is 14.5 Å². The highest BCUT2D eigenvalue weighted by Gasteiger charge is 2.04. The second-order valence-electron chi connectivity index (χ2n) is 3.63. The first-order chi connectivity index (χ1) is 8.61. The summed E-state index contributed by atoms with van der Waals surface area (Å²) in [6.07, 6.45) is -2.12. The maximum absolute atomic E-state index is 11.9. The summed E-state index contributed by atoms with van der Waals surface area (Å²) >= 11 is 0. The van der Waals surface area contributed by atoms with E-state index in [0.29, 0.717) is 24.4 Å². The van der Waals surface area contributed by atoms with Gasteiger partial charge in [-0.1, -0.05) is 0 Å². The lowest BCUT2D eigenvalue weighted by Crippen LogP contribution is -2.18. The SMILES string of the molecule is CNCCC(=O)Nc1ccc(OCC(F)F)cc1.Cl. The average molecular weight is 295 g/mol. The Morgan fingerprint density at radius 3 is 2.47 bits per heavy atom. The van der Waals surface area contributed by atoms with Gasteiger partial charge in [0.25, 0.3) is 6.43 Å². The molecule has 0 saturated carbocycles. The van der Waals surface area contributed by atoms with Gasteiger partial charge in [-0.25, -0.2) is 8.78 Å². The van der Waals surface area contributed by atoms with Crippen LogP contribution >= 0.6 is 12.4 Å². The van der Waals surface area contributed by atoms with E-state index in [-0.39, 0.29) is 18.3 Å². The van der Waals surface area contributed by atoms with E-state index in [9.17, 15) is 13.6 Å². The van der Waals surface area contributed by atoms with E-state index in [1.807, 2.05) is 0 Å². The fourth-order valence-corrected chi connectivity index (χ4v) is 1.26. The van der Waals surface area contributed by atoms with E-state index >= 15 is 0 Å². The molecule has 0 aliphatic rings. The molecule has 1 amide bonds. The summed E-state index contributed by atoms with van der Waals surface area (Å²) < 4.78 is 28.6. The van der Waals surface area contributed by atoms with Gasteiger partial charge in [0.1, 0.15) is 12.4 Å². The lowest BCUT2D eigenvalue weighted by molar-refractivity contribution is -0.116. The van der Waals surface area contributed by atoms with Crippen molar-refractivity contribution < 1.29 is 18.3 Å². The van der Waals surface area contributed by atoms with E-state index in [1.165, 1.54) is 12.1 Å². The second kappa shape index (κ2) is 9.52. The van der Waals surface area contributed by atoms with Gasteiger partial charge in [-0.15, -0.1) is 12.4 Å². The Balaban J connectivity index is 0.00000324. The highest BCUT2D eigenvalue weighted by Crippen LogP contribution is 2.16. The predicted molar refractivity (Wildman–Crippen MR) is 72.4 cm³/mol. The van der Waals surface area contributed by atoms with Crippen LogP contribution in [0.2, 0.25) is 0 Å². The third-order valence-electron chi connectivity index (χ3n) is 2.12. The van der Waals surface area contributed by atoms with E-state index in [0.717, 1.165) is 0 Å². The second-order valence-corrected chi connectivity index (χ2v) is 3.63. The van der Waals surface area contributed by atoms with Crippen molar-refractivity contribution in [2.24, 2.45) is 0 Å². The van der Waals surface area contributed by atoms with Crippen LogP contribution in [0.3, 0.4) is 0 Å². The van der Waals surface area contributed by atoms with E-state index in [2.05, 4.69) is 10.6 Å². The minimum absolute atomic E-state index is 0. The summed E-state index contributed by atoms with van der Waals surface area (Å²) in [6.45, 7) is -0.0324. The molecule has 0 radical (unpaired) electrons. The van der Waals surface area contributed by atoms with E-state index in [4.69, 9.17) is 4.74 Å². The zero-order valence-corrected chi connectivity index (χ0v) is 11.3. The minimum Gasteiger partial charge on any atom is -0.488 e. The Hall–Kier alpha value is -1.40. The van der Waals surface area contributed by atoms with Gasteiger partial charge >= 0.3 is 0 Å². The molecular weight excluding hydrogens is 278 g/mol. The summed E-state index contributed by atoms with van der Waals surface area (Å²) in [4.78, 5) is 11.4.